The van der Waals surface area contributed by atoms with Crippen molar-refractivity contribution in [3.63, 3.8) is 0 Å². The quantitative estimate of drug-likeness (QED) is 0.734. The van der Waals surface area contributed by atoms with Gasteiger partial charge in [-0.25, -0.2) is 0 Å². The summed E-state index contributed by atoms with van der Waals surface area (Å²) >= 11 is 0. The van der Waals surface area contributed by atoms with E-state index >= 15 is 0 Å². The molecular formula is C21H36N2O2. The van der Waals surface area contributed by atoms with Crippen LogP contribution in [0.5, 0.6) is 0 Å². The van der Waals surface area contributed by atoms with Crippen molar-refractivity contribution >= 4 is 5.91 Å². The maximum Gasteiger partial charge on any atom is 0.220 e. The topological polar surface area (TPSA) is 61.4 Å². The van der Waals surface area contributed by atoms with Crippen LogP contribution in [0.3, 0.4) is 0 Å². The van der Waals surface area contributed by atoms with Gasteiger partial charge in [-0.3, -0.25) is 4.79 Å². The van der Waals surface area contributed by atoms with E-state index in [-0.39, 0.29) is 22.5 Å². The number of carbonyl (C=O) groups excluding carboxylic acids is 1. The first-order valence-corrected chi connectivity index (χ1v) is 10.3. The average molecular weight is 349 g/mol. The largest absolute Gasteiger partial charge is 0.390 e. The zero-order chi connectivity index (χ0) is 18.1. The zero-order valence-electron chi connectivity index (χ0n) is 16.5. The van der Waals surface area contributed by atoms with Crippen molar-refractivity contribution < 1.29 is 9.90 Å². The van der Waals surface area contributed by atoms with Crippen molar-refractivity contribution in [1.82, 2.24) is 10.6 Å². The molecule has 2 atom stereocenters. The molecule has 1 heterocycles. The van der Waals surface area contributed by atoms with Gasteiger partial charge in [-0.1, -0.05) is 0 Å². The Hall–Kier alpha value is -0.610. The van der Waals surface area contributed by atoms with Gasteiger partial charge in [0.1, 0.15) is 0 Å². The summed E-state index contributed by atoms with van der Waals surface area (Å²) in [5.41, 5.74) is -0.449. The molecule has 0 aromatic rings. The first kappa shape index (κ1) is 17.8. The third kappa shape index (κ3) is 3.62. The summed E-state index contributed by atoms with van der Waals surface area (Å²) < 4.78 is 0. The van der Waals surface area contributed by atoms with Gasteiger partial charge >= 0.3 is 0 Å². The Morgan fingerprint density at radius 3 is 2.08 bits per heavy atom. The second-order valence-electron chi connectivity index (χ2n) is 11.4. The number of carbonyl (C=O) groups is 1. The minimum Gasteiger partial charge on any atom is -0.390 e. The third-order valence-electron chi connectivity index (χ3n) is 7.18. The van der Waals surface area contributed by atoms with Crippen molar-refractivity contribution in [3.8, 4) is 0 Å². The van der Waals surface area contributed by atoms with Crippen LogP contribution in [0, 0.1) is 17.8 Å². The summed E-state index contributed by atoms with van der Waals surface area (Å²) in [7, 11) is 0. The number of hydrogen-bond acceptors (Lipinski definition) is 3. The first-order chi connectivity index (χ1) is 11.5. The third-order valence-corrected chi connectivity index (χ3v) is 7.18. The molecule has 4 bridgehead atoms. The van der Waals surface area contributed by atoms with Gasteiger partial charge in [0.25, 0.3) is 0 Å². The molecule has 4 heteroatoms. The molecule has 0 aromatic carbocycles. The Kier molecular flexibility index (Phi) is 3.88. The van der Waals surface area contributed by atoms with Crippen LogP contribution in [0.4, 0.5) is 0 Å². The summed E-state index contributed by atoms with van der Waals surface area (Å²) in [4.78, 5) is 12.9. The zero-order valence-corrected chi connectivity index (χ0v) is 16.5. The highest BCUT2D eigenvalue weighted by atomic mass is 16.3. The van der Waals surface area contributed by atoms with Crippen molar-refractivity contribution in [2.75, 3.05) is 0 Å². The summed E-state index contributed by atoms with van der Waals surface area (Å²) in [6.45, 7) is 8.97. The normalized spacial score (nSPS) is 44.7. The van der Waals surface area contributed by atoms with Crippen LogP contribution in [0.15, 0.2) is 0 Å². The molecule has 0 aromatic heterocycles. The molecule has 1 aliphatic heterocycles. The summed E-state index contributed by atoms with van der Waals surface area (Å²) in [6.07, 6.45) is 8.85. The Balaban J connectivity index is 1.41. The fourth-order valence-electron chi connectivity index (χ4n) is 7.65. The second kappa shape index (κ2) is 5.45. The van der Waals surface area contributed by atoms with E-state index < -0.39 is 5.60 Å². The lowest BCUT2D eigenvalue weighted by Crippen LogP contribution is -2.65. The van der Waals surface area contributed by atoms with Crippen molar-refractivity contribution in [2.45, 2.75) is 108 Å². The highest BCUT2D eigenvalue weighted by Gasteiger charge is 2.57. The smallest absolute Gasteiger partial charge is 0.220 e. The fourth-order valence-corrected chi connectivity index (χ4v) is 7.65. The van der Waals surface area contributed by atoms with Gasteiger partial charge in [0.05, 0.1) is 5.60 Å². The first-order valence-electron chi connectivity index (χ1n) is 10.3. The molecule has 4 saturated carbocycles. The number of amides is 1. The van der Waals surface area contributed by atoms with E-state index in [1.165, 1.54) is 6.42 Å². The Labute approximate surface area is 152 Å². The highest BCUT2D eigenvalue weighted by molar-refractivity contribution is 5.77. The van der Waals surface area contributed by atoms with E-state index in [2.05, 4.69) is 38.3 Å². The van der Waals surface area contributed by atoms with Crippen molar-refractivity contribution in [1.29, 1.82) is 0 Å². The monoisotopic (exact) mass is 348 g/mol. The number of rotatable bonds is 3. The molecule has 4 aliphatic carbocycles. The van der Waals surface area contributed by atoms with E-state index in [1.807, 2.05) is 0 Å². The lowest BCUT2D eigenvalue weighted by atomic mass is 9.51. The molecule has 3 N–H and O–H groups in total. The molecule has 0 spiro atoms. The Morgan fingerprint density at radius 2 is 1.56 bits per heavy atom. The lowest BCUT2D eigenvalue weighted by molar-refractivity contribution is -0.151. The average Bonchev–Trinajstić information content (AvgIpc) is 2.29. The van der Waals surface area contributed by atoms with Gasteiger partial charge in [0.15, 0.2) is 0 Å². The molecule has 25 heavy (non-hydrogen) atoms. The Bertz CT molecular complexity index is 538. The molecule has 142 valence electrons. The van der Waals surface area contributed by atoms with Gasteiger partial charge < -0.3 is 15.7 Å². The molecule has 1 amide bonds. The molecule has 2 unspecified atom stereocenters. The molecule has 4 nitrogen and oxygen atoms in total. The number of hydrogen-bond donors (Lipinski definition) is 3. The van der Waals surface area contributed by atoms with E-state index in [0.29, 0.717) is 24.2 Å². The maximum atomic E-state index is 12.9. The molecular weight excluding hydrogens is 312 g/mol. The van der Waals surface area contributed by atoms with Crippen LogP contribution < -0.4 is 10.6 Å². The predicted octanol–water partition coefficient (Wildman–Crippen LogP) is 3.13. The summed E-state index contributed by atoms with van der Waals surface area (Å²) in [5, 5.41) is 18.0. The van der Waals surface area contributed by atoms with Gasteiger partial charge in [0.2, 0.25) is 5.91 Å². The van der Waals surface area contributed by atoms with Crippen molar-refractivity contribution in [3.05, 3.63) is 0 Å². The molecule has 1 saturated heterocycles. The van der Waals surface area contributed by atoms with Crippen LogP contribution in [-0.2, 0) is 4.79 Å². The summed E-state index contributed by atoms with van der Waals surface area (Å²) in [6, 6.07) is 0. The number of nitrogens with one attached hydrogen (secondary N) is 2. The number of aliphatic hydroxyl groups is 1. The van der Waals surface area contributed by atoms with Gasteiger partial charge in [-0.2, -0.15) is 0 Å². The van der Waals surface area contributed by atoms with E-state index in [0.717, 1.165) is 44.9 Å². The molecule has 5 aliphatic rings. The standard InChI is InChI=1S/C21H36N2O2/c1-18(2)7-16(8-19(3,4)23-18)6-17(24)22-20-9-14-5-15(10-20)12-21(25,11-14)13-20/h14-16,23,25H,5-13H2,1-4H3,(H,22,24). The van der Waals surface area contributed by atoms with Crippen LogP contribution in [0.25, 0.3) is 0 Å². The van der Waals surface area contributed by atoms with Crippen LogP contribution >= 0.6 is 0 Å². The minimum atomic E-state index is -0.504. The van der Waals surface area contributed by atoms with Crippen LogP contribution in [0.1, 0.15) is 85.5 Å². The maximum absolute atomic E-state index is 12.9. The molecule has 5 fully saturated rings. The summed E-state index contributed by atoms with van der Waals surface area (Å²) in [5.74, 6) is 1.87. The van der Waals surface area contributed by atoms with Gasteiger partial charge in [0, 0.05) is 23.0 Å². The predicted molar refractivity (Wildman–Crippen MR) is 99.1 cm³/mol. The molecule has 0 radical (unpaired) electrons. The van der Waals surface area contributed by atoms with Gasteiger partial charge in [-0.05, 0) is 96.8 Å². The van der Waals surface area contributed by atoms with E-state index in [4.69, 9.17) is 0 Å². The Morgan fingerprint density at radius 1 is 1.00 bits per heavy atom. The van der Waals surface area contributed by atoms with E-state index in [9.17, 15) is 9.90 Å². The lowest BCUT2D eigenvalue weighted by Gasteiger charge is -2.60. The SMILES string of the molecule is CC1(C)CC(CC(=O)NC23CC4CC(CC(O)(C4)C2)C3)CC(C)(C)N1. The molecule has 5 rings (SSSR count). The van der Waals surface area contributed by atoms with E-state index in [1.54, 1.807) is 0 Å². The van der Waals surface area contributed by atoms with Crippen LogP contribution in [0.2, 0.25) is 0 Å². The minimum absolute atomic E-state index is 0.0859. The second-order valence-corrected chi connectivity index (χ2v) is 11.4. The van der Waals surface area contributed by atoms with Crippen molar-refractivity contribution in [2.24, 2.45) is 17.8 Å². The van der Waals surface area contributed by atoms with Gasteiger partial charge in [-0.15, -0.1) is 0 Å². The number of piperidine rings is 1. The van der Waals surface area contributed by atoms with Crippen LogP contribution in [-0.4, -0.2) is 33.2 Å². The fraction of sp³-hybridized carbons (Fsp3) is 0.952. The highest BCUT2D eigenvalue weighted by Crippen LogP contribution is 2.57.